The van der Waals surface area contributed by atoms with Crippen molar-refractivity contribution in [1.29, 1.82) is 0 Å². The largest absolute Gasteiger partial charge is 0.494 e. The average Bonchev–Trinajstić information content (AvgIpc) is 3.19. The molecule has 0 unspecified atom stereocenters. The third kappa shape index (κ3) is 4.34. The number of aromatic nitrogens is 4. The summed E-state index contributed by atoms with van der Waals surface area (Å²) in [7, 11) is 0. The molecule has 0 saturated carbocycles. The first-order valence-corrected chi connectivity index (χ1v) is 12.0. The highest BCUT2D eigenvalue weighted by molar-refractivity contribution is 5.97. The van der Waals surface area contributed by atoms with E-state index >= 15 is 0 Å². The van der Waals surface area contributed by atoms with Gasteiger partial charge in [0.05, 0.1) is 18.8 Å². The van der Waals surface area contributed by atoms with Crippen molar-refractivity contribution in [1.82, 2.24) is 19.7 Å². The molecule has 0 saturated heterocycles. The average molecular weight is 486 g/mol. The number of para-hydroxylation sites is 1. The van der Waals surface area contributed by atoms with Crippen LogP contribution in [0.4, 0.5) is 10.2 Å². The molecule has 0 spiro atoms. The second-order valence-electron chi connectivity index (χ2n) is 9.02. The van der Waals surface area contributed by atoms with E-state index in [1.165, 1.54) is 12.1 Å². The Labute approximate surface area is 209 Å². The molecule has 1 amide bonds. The van der Waals surface area contributed by atoms with Gasteiger partial charge in [-0.1, -0.05) is 30.3 Å². The first-order valence-electron chi connectivity index (χ1n) is 12.0. The van der Waals surface area contributed by atoms with Gasteiger partial charge in [0.15, 0.2) is 0 Å². The van der Waals surface area contributed by atoms with Crippen molar-refractivity contribution in [2.75, 3.05) is 11.5 Å². The number of benzene rings is 2. The molecule has 3 heterocycles. The quantitative estimate of drug-likeness (QED) is 0.376. The van der Waals surface area contributed by atoms with Crippen LogP contribution in [0.25, 0.3) is 5.95 Å². The maximum absolute atomic E-state index is 13.7. The second-order valence-corrected chi connectivity index (χ2v) is 9.02. The molecule has 1 aliphatic rings. The number of hydrogen-bond acceptors (Lipinski definition) is 5. The minimum atomic E-state index is -0.318. The van der Waals surface area contributed by atoms with E-state index in [1.807, 2.05) is 58.0 Å². The van der Waals surface area contributed by atoms with Gasteiger partial charge in [0.25, 0.3) is 5.95 Å². The first kappa shape index (κ1) is 23.7. The number of carbonyl (C=O) groups is 1. The van der Waals surface area contributed by atoms with Gasteiger partial charge in [-0.15, -0.1) is 0 Å². The summed E-state index contributed by atoms with van der Waals surface area (Å²) in [6.45, 7) is 8.50. The van der Waals surface area contributed by atoms with Crippen LogP contribution in [0.5, 0.6) is 5.75 Å². The number of anilines is 1. The zero-order chi connectivity index (χ0) is 25.4. The number of aryl methyl sites for hydroxylation is 3. The minimum absolute atomic E-state index is 0.0614. The van der Waals surface area contributed by atoms with Crippen molar-refractivity contribution in [2.45, 2.75) is 46.6 Å². The van der Waals surface area contributed by atoms with Crippen LogP contribution in [-0.4, -0.2) is 32.3 Å². The standard InChI is InChI=1S/C28H28FN5O2/c1-5-36-24-9-7-6-8-22(24)23-15-25(35)33(16-20-10-12-21(29)13-11-20)27-26(23)19(4)32-34(27)28-30-17(2)14-18(3)31-28/h6-14,23H,5,15-16H2,1-4H3/t23-/m1/s1. The Morgan fingerprint density at radius 1 is 1.03 bits per heavy atom. The Kier molecular flexibility index (Phi) is 6.26. The van der Waals surface area contributed by atoms with E-state index in [4.69, 9.17) is 9.84 Å². The smallest absolute Gasteiger partial charge is 0.252 e. The van der Waals surface area contributed by atoms with Crippen molar-refractivity contribution in [3.05, 3.63) is 94.2 Å². The third-order valence-corrected chi connectivity index (χ3v) is 6.37. The van der Waals surface area contributed by atoms with Gasteiger partial charge in [-0.3, -0.25) is 9.69 Å². The fourth-order valence-corrected chi connectivity index (χ4v) is 4.90. The zero-order valence-electron chi connectivity index (χ0n) is 20.8. The van der Waals surface area contributed by atoms with Crippen LogP contribution in [0.3, 0.4) is 0 Å². The maximum atomic E-state index is 13.7. The molecule has 7 nitrogen and oxygen atoms in total. The summed E-state index contributed by atoms with van der Waals surface area (Å²) >= 11 is 0. The van der Waals surface area contributed by atoms with Gasteiger partial charge in [0, 0.05) is 34.9 Å². The molecule has 8 heteroatoms. The molecule has 184 valence electrons. The van der Waals surface area contributed by atoms with Gasteiger partial charge in [0.2, 0.25) is 5.91 Å². The number of rotatable bonds is 6. The molecule has 1 aliphatic heterocycles. The lowest BCUT2D eigenvalue weighted by atomic mass is 9.84. The number of fused-ring (bicyclic) bond motifs is 1. The van der Waals surface area contributed by atoms with E-state index in [-0.39, 0.29) is 30.6 Å². The van der Waals surface area contributed by atoms with Gasteiger partial charge >= 0.3 is 0 Å². The van der Waals surface area contributed by atoms with E-state index in [0.29, 0.717) is 18.4 Å². The van der Waals surface area contributed by atoms with E-state index in [0.717, 1.165) is 39.5 Å². The number of hydrogen-bond donors (Lipinski definition) is 0. The SMILES string of the molecule is CCOc1ccccc1[C@H]1CC(=O)N(Cc2ccc(F)cc2)c2c1c(C)nn2-c1nc(C)cc(C)n1. The second kappa shape index (κ2) is 9.53. The van der Waals surface area contributed by atoms with Crippen LogP contribution < -0.4 is 9.64 Å². The van der Waals surface area contributed by atoms with Crippen molar-refractivity contribution in [3.8, 4) is 11.7 Å². The molecule has 2 aromatic carbocycles. The van der Waals surface area contributed by atoms with E-state index in [9.17, 15) is 9.18 Å². The summed E-state index contributed by atoms with van der Waals surface area (Å²) in [5.74, 6) is 1.18. The molecule has 0 N–H and O–H groups in total. The highest BCUT2D eigenvalue weighted by Crippen LogP contribution is 2.45. The fraction of sp³-hybridized carbons (Fsp3) is 0.286. The first-order chi connectivity index (χ1) is 17.4. The number of nitrogens with zero attached hydrogens (tertiary/aromatic N) is 5. The Hall–Kier alpha value is -4.07. The molecule has 0 radical (unpaired) electrons. The Bertz CT molecular complexity index is 1410. The highest BCUT2D eigenvalue weighted by Gasteiger charge is 2.39. The summed E-state index contributed by atoms with van der Waals surface area (Å²) in [5, 5.41) is 4.83. The zero-order valence-corrected chi connectivity index (χ0v) is 20.8. The topological polar surface area (TPSA) is 73.1 Å². The van der Waals surface area contributed by atoms with E-state index in [1.54, 1.807) is 21.7 Å². The van der Waals surface area contributed by atoms with Crippen LogP contribution >= 0.6 is 0 Å². The van der Waals surface area contributed by atoms with Crippen molar-refractivity contribution < 1.29 is 13.9 Å². The van der Waals surface area contributed by atoms with Crippen molar-refractivity contribution in [2.24, 2.45) is 0 Å². The van der Waals surface area contributed by atoms with Crippen LogP contribution in [-0.2, 0) is 11.3 Å². The summed E-state index contributed by atoms with van der Waals surface area (Å²) in [4.78, 5) is 24.7. The van der Waals surface area contributed by atoms with Crippen LogP contribution in [0.2, 0.25) is 0 Å². The Balaban J connectivity index is 1.71. The van der Waals surface area contributed by atoms with Crippen LogP contribution in [0.15, 0.2) is 54.6 Å². The third-order valence-electron chi connectivity index (χ3n) is 6.37. The van der Waals surface area contributed by atoms with E-state index < -0.39 is 0 Å². The molecule has 0 bridgehead atoms. The fourth-order valence-electron chi connectivity index (χ4n) is 4.90. The molecule has 4 aromatic rings. The highest BCUT2D eigenvalue weighted by atomic mass is 19.1. The predicted molar refractivity (Wildman–Crippen MR) is 135 cm³/mol. The summed E-state index contributed by atoms with van der Waals surface area (Å²) < 4.78 is 21.2. The lowest BCUT2D eigenvalue weighted by molar-refractivity contribution is -0.119. The molecule has 36 heavy (non-hydrogen) atoms. The molecular formula is C28H28FN5O2. The van der Waals surface area contributed by atoms with E-state index in [2.05, 4.69) is 9.97 Å². The van der Waals surface area contributed by atoms with Crippen LogP contribution in [0.1, 0.15) is 53.0 Å². The summed E-state index contributed by atoms with van der Waals surface area (Å²) in [5.41, 5.74) is 5.11. The van der Waals surface area contributed by atoms with Crippen molar-refractivity contribution >= 4 is 11.7 Å². The monoisotopic (exact) mass is 485 g/mol. The Morgan fingerprint density at radius 2 is 1.72 bits per heavy atom. The molecule has 0 fully saturated rings. The molecule has 0 aliphatic carbocycles. The van der Waals surface area contributed by atoms with Gasteiger partial charge in [-0.2, -0.15) is 9.78 Å². The number of amides is 1. The summed E-state index contributed by atoms with van der Waals surface area (Å²) in [6, 6.07) is 15.9. The number of halogens is 1. The van der Waals surface area contributed by atoms with Gasteiger partial charge < -0.3 is 4.74 Å². The molecule has 5 rings (SSSR count). The Morgan fingerprint density at radius 3 is 2.42 bits per heavy atom. The number of ether oxygens (including phenoxy) is 1. The van der Waals surface area contributed by atoms with Gasteiger partial charge in [-0.25, -0.2) is 14.4 Å². The van der Waals surface area contributed by atoms with Crippen LogP contribution in [0, 0.1) is 26.6 Å². The maximum Gasteiger partial charge on any atom is 0.252 e. The molecule has 1 atom stereocenters. The normalized spacial score (nSPS) is 15.2. The molecular weight excluding hydrogens is 457 g/mol. The lowest BCUT2D eigenvalue weighted by Gasteiger charge is -2.33. The van der Waals surface area contributed by atoms with Gasteiger partial charge in [-0.05, 0) is 57.5 Å². The number of carbonyl (C=O) groups excluding carboxylic acids is 1. The minimum Gasteiger partial charge on any atom is -0.494 e. The predicted octanol–water partition coefficient (Wildman–Crippen LogP) is 5.19. The van der Waals surface area contributed by atoms with Crippen molar-refractivity contribution in [3.63, 3.8) is 0 Å². The molecule has 2 aromatic heterocycles. The van der Waals surface area contributed by atoms with Gasteiger partial charge in [0.1, 0.15) is 17.4 Å². The summed E-state index contributed by atoms with van der Waals surface area (Å²) in [6.07, 6.45) is 0.262. The lowest BCUT2D eigenvalue weighted by Crippen LogP contribution is -2.38.